The molecule has 0 saturated heterocycles. The maximum atomic E-state index is 11.9. The fourth-order valence-electron chi connectivity index (χ4n) is 2.10. The number of ether oxygens (including phenoxy) is 1. The molecule has 1 unspecified atom stereocenters. The van der Waals surface area contributed by atoms with Gasteiger partial charge in [0.15, 0.2) is 12.3 Å². The van der Waals surface area contributed by atoms with Gasteiger partial charge in [-0.3, -0.25) is 9.78 Å². The third kappa shape index (κ3) is 4.62. The monoisotopic (exact) mass is 327 g/mol. The molecule has 1 amide bonds. The van der Waals surface area contributed by atoms with Crippen molar-refractivity contribution in [3.05, 3.63) is 58.7 Å². The second-order valence-electron chi connectivity index (χ2n) is 5.75. The molecule has 0 radical (unpaired) electrons. The van der Waals surface area contributed by atoms with Crippen molar-refractivity contribution >= 4 is 11.9 Å². The molecule has 0 aliphatic carbocycles. The molecule has 0 aliphatic heterocycles. The first kappa shape index (κ1) is 17.6. The van der Waals surface area contributed by atoms with Crippen molar-refractivity contribution in [2.24, 2.45) is 0 Å². The lowest BCUT2D eigenvalue weighted by molar-refractivity contribution is -0.124. The van der Waals surface area contributed by atoms with Gasteiger partial charge in [-0.15, -0.1) is 0 Å². The smallest absolute Gasteiger partial charge is 0.359 e. The van der Waals surface area contributed by atoms with Crippen LogP contribution in [-0.2, 0) is 9.53 Å². The zero-order valence-corrected chi connectivity index (χ0v) is 14.3. The first-order valence-electron chi connectivity index (χ1n) is 7.69. The molecule has 6 heteroatoms. The molecule has 126 valence electrons. The van der Waals surface area contributed by atoms with Gasteiger partial charge in [0.2, 0.25) is 0 Å². The molecule has 24 heavy (non-hydrogen) atoms. The molecule has 1 aromatic heterocycles. The number of amides is 1. The number of nitrogens with zero attached hydrogens (tertiary/aromatic N) is 2. The summed E-state index contributed by atoms with van der Waals surface area (Å²) < 4.78 is 4.96. The Morgan fingerprint density at radius 2 is 1.88 bits per heavy atom. The molecular weight excluding hydrogens is 306 g/mol. The molecule has 0 saturated carbocycles. The van der Waals surface area contributed by atoms with Crippen LogP contribution in [0.3, 0.4) is 0 Å². The van der Waals surface area contributed by atoms with Crippen molar-refractivity contribution in [1.82, 2.24) is 15.3 Å². The highest BCUT2D eigenvalue weighted by molar-refractivity contribution is 5.89. The van der Waals surface area contributed by atoms with Gasteiger partial charge < -0.3 is 10.1 Å². The average molecular weight is 327 g/mol. The molecule has 2 rings (SSSR count). The van der Waals surface area contributed by atoms with E-state index in [0.717, 1.165) is 11.1 Å². The van der Waals surface area contributed by atoms with E-state index in [4.69, 9.17) is 4.74 Å². The molecule has 1 heterocycles. The number of esters is 1. The van der Waals surface area contributed by atoms with Crippen LogP contribution in [0.5, 0.6) is 0 Å². The van der Waals surface area contributed by atoms with E-state index in [1.54, 1.807) is 6.92 Å². The normalized spacial score (nSPS) is 11.7. The zero-order valence-electron chi connectivity index (χ0n) is 14.3. The van der Waals surface area contributed by atoms with Gasteiger partial charge in [-0.25, -0.2) is 9.78 Å². The summed E-state index contributed by atoms with van der Waals surface area (Å²) in [4.78, 5) is 31.6. The molecule has 0 fully saturated rings. The standard InChI is InChI=1S/C18H21N3O3/c1-11-5-6-15(7-12(11)2)14(4)21-17(22)10-24-18(23)16-9-19-13(3)8-20-16/h5-9,14H,10H2,1-4H3,(H,21,22). The second kappa shape index (κ2) is 7.68. The number of aryl methyl sites for hydroxylation is 3. The summed E-state index contributed by atoms with van der Waals surface area (Å²) in [5.74, 6) is -1.04. The fraction of sp³-hybridized carbons (Fsp3) is 0.333. The van der Waals surface area contributed by atoms with Gasteiger partial charge >= 0.3 is 5.97 Å². The summed E-state index contributed by atoms with van der Waals surface area (Å²) in [6.07, 6.45) is 2.80. The Morgan fingerprint density at radius 1 is 1.12 bits per heavy atom. The van der Waals surface area contributed by atoms with Gasteiger partial charge in [0.05, 0.1) is 17.9 Å². The van der Waals surface area contributed by atoms with Crippen LogP contribution in [0, 0.1) is 20.8 Å². The van der Waals surface area contributed by atoms with E-state index in [9.17, 15) is 9.59 Å². The lowest BCUT2D eigenvalue weighted by Gasteiger charge is -2.15. The summed E-state index contributed by atoms with van der Waals surface area (Å²) in [6.45, 7) is 7.36. The van der Waals surface area contributed by atoms with E-state index < -0.39 is 5.97 Å². The van der Waals surface area contributed by atoms with Gasteiger partial charge in [-0.05, 0) is 44.4 Å². The van der Waals surface area contributed by atoms with Crippen LogP contribution in [0.25, 0.3) is 0 Å². The molecule has 2 aromatic rings. The number of nitrogens with one attached hydrogen (secondary N) is 1. The number of carbonyl (C=O) groups excluding carboxylic acids is 2. The summed E-state index contributed by atoms with van der Waals surface area (Å²) in [6, 6.07) is 5.85. The largest absolute Gasteiger partial charge is 0.451 e. The van der Waals surface area contributed by atoms with Crippen LogP contribution in [0.15, 0.2) is 30.6 Å². The number of benzene rings is 1. The maximum Gasteiger partial charge on any atom is 0.359 e. The van der Waals surface area contributed by atoms with Gasteiger partial charge in [-0.2, -0.15) is 0 Å². The predicted octanol–water partition coefficient (Wildman–Crippen LogP) is 2.44. The Kier molecular flexibility index (Phi) is 5.63. The van der Waals surface area contributed by atoms with E-state index >= 15 is 0 Å². The summed E-state index contributed by atoms with van der Waals surface area (Å²) in [5, 5.41) is 2.81. The van der Waals surface area contributed by atoms with E-state index in [1.807, 2.05) is 39.0 Å². The molecule has 1 N–H and O–H groups in total. The molecule has 0 spiro atoms. The average Bonchev–Trinajstić information content (AvgIpc) is 2.55. The Bertz CT molecular complexity index is 742. The number of hydrogen-bond donors (Lipinski definition) is 1. The number of aromatic nitrogens is 2. The van der Waals surface area contributed by atoms with Crippen LogP contribution in [0.2, 0.25) is 0 Å². The molecule has 0 bridgehead atoms. The lowest BCUT2D eigenvalue weighted by atomic mass is 10.0. The Labute approximate surface area is 141 Å². The number of rotatable bonds is 5. The van der Waals surface area contributed by atoms with Gasteiger partial charge in [0.25, 0.3) is 5.91 Å². The number of hydrogen-bond acceptors (Lipinski definition) is 5. The van der Waals surface area contributed by atoms with Crippen LogP contribution in [0.4, 0.5) is 0 Å². The van der Waals surface area contributed by atoms with Crippen LogP contribution < -0.4 is 5.32 Å². The summed E-state index contributed by atoms with van der Waals surface area (Å²) in [7, 11) is 0. The molecule has 1 aromatic carbocycles. The van der Waals surface area contributed by atoms with Gasteiger partial charge in [0.1, 0.15) is 0 Å². The molecular formula is C18H21N3O3. The Morgan fingerprint density at radius 3 is 2.50 bits per heavy atom. The van der Waals surface area contributed by atoms with E-state index in [1.165, 1.54) is 18.0 Å². The highest BCUT2D eigenvalue weighted by Crippen LogP contribution is 2.16. The third-order valence-electron chi connectivity index (χ3n) is 3.73. The third-order valence-corrected chi connectivity index (χ3v) is 3.73. The van der Waals surface area contributed by atoms with Crippen LogP contribution >= 0.6 is 0 Å². The lowest BCUT2D eigenvalue weighted by Crippen LogP contribution is -2.31. The topological polar surface area (TPSA) is 81.2 Å². The van der Waals surface area contributed by atoms with Gasteiger partial charge in [0, 0.05) is 6.20 Å². The van der Waals surface area contributed by atoms with Crippen LogP contribution in [0.1, 0.15) is 45.8 Å². The van der Waals surface area contributed by atoms with Crippen molar-refractivity contribution in [1.29, 1.82) is 0 Å². The summed E-state index contributed by atoms with van der Waals surface area (Å²) >= 11 is 0. The van der Waals surface area contributed by atoms with Crippen molar-refractivity contribution in [2.45, 2.75) is 33.7 Å². The van der Waals surface area contributed by atoms with Crippen LogP contribution in [-0.4, -0.2) is 28.5 Å². The van der Waals surface area contributed by atoms with Crippen molar-refractivity contribution in [2.75, 3.05) is 6.61 Å². The minimum atomic E-state index is -0.670. The quantitative estimate of drug-likeness (QED) is 0.853. The first-order valence-corrected chi connectivity index (χ1v) is 7.69. The fourth-order valence-corrected chi connectivity index (χ4v) is 2.10. The Balaban J connectivity index is 1.87. The molecule has 1 atom stereocenters. The second-order valence-corrected chi connectivity index (χ2v) is 5.75. The van der Waals surface area contributed by atoms with E-state index in [2.05, 4.69) is 15.3 Å². The van der Waals surface area contributed by atoms with Crippen molar-refractivity contribution in [3.63, 3.8) is 0 Å². The minimum absolute atomic E-state index is 0.0793. The first-order chi connectivity index (χ1) is 11.4. The minimum Gasteiger partial charge on any atom is -0.451 e. The SMILES string of the molecule is Cc1cnc(C(=O)OCC(=O)NC(C)c2ccc(C)c(C)c2)cn1. The van der Waals surface area contributed by atoms with E-state index in [-0.39, 0.29) is 24.2 Å². The van der Waals surface area contributed by atoms with E-state index in [0.29, 0.717) is 5.69 Å². The molecule has 0 aliphatic rings. The highest BCUT2D eigenvalue weighted by Gasteiger charge is 2.14. The maximum absolute atomic E-state index is 11.9. The highest BCUT2D eigenvalue weighted by atomic mass is 16.5. The predicted molar refractivity (Wildman–Crippen MR) is 89.5 cm³/mol. The Hall–Kier alpha value is -2.76. The van der Waals surface area contributed by atoms with Crippen molar-refractivity contribution < 1.29 is 14.3 Å². The number of carbonyl (C=O) groups is 2. The van der Waals surface area contributed by atoms with Crippen molar-refractivity contribution in [3.8, 4) is 0 Å². The summed E-state index contributed by atoms with van der Waals surface area (Å²) in [5.41, 5.74) is 4.15. The zero-order chi connectivity index (χ0) is 17.7. The molecule has 6 nitrogen and oxygen atoms in total. The van der Waals surface area contributed by atoms with Gasteiger partial charge in [-0.1, -0.05) is 18.2 Å².